The fourth-order valence-electron chi connectivity index (χ4n) is 3.74. The van der Waals surface area contributed by atoms with Crippen molar-refractivity contribution in [3.05, 3.63) is 74.6 Å². The summed E-state index contributed by atoms with van der Waals surface area (Å²) >= 11 is 0. The Balaban J connectivity index is 1.46. The zero-order valence-electron chi connectivity index (χ0n) is 16.8. The van der Waals surface area contributed by atoms with Crippen LogP contribution in [0.15, 0.2) is 52.3 Å². The van der Waals surface area contributed by atoms with Gasteiger partial charge in [-0.3, -0.25) is 14.4 Å². The maximum Gasteiger partial charge on any atom is 0.274 e. The van der Waals surface area contributed by atoms with E-state index in [2.05, 4.69) is 10.4 Å². The minimum atomic E-state index is -0.451. The van der Waals surface area contributed by atoms with Crippen LogP contribution in [0.1, 0.15) is 28.8 Å². The van der Waals surface area contributed by atoms with E-state index in [4.69, 9.17) is 4.74 Å². The molecule has 0 radical (unpaired) electrons. The van der Waals surface area contributed by atoms with Gasteiger partial charge in [-0.15, -0.1) is 0 Å². The Bertz CT molecular complexity index is 1190. The smallest absolute Gasteiger partial charge is 0.274 e. The molecular weight excluding hydrogens is 384 g/mol. The summed E-state index contributed by atoms with van der Waals surface area (Å²) in [4.78, 5) is 38.0. The number of carbonyl (C=O) groups excluding carboxylic acids is 1. The summed E-state index contributed by atoms with van der Waals surface area (Å²) in [6.07, 6.45) is 5.24. The van der Waals surface area contributed by atoms with Crippen molar-refractivity contribution >= 4 is 16.7 Å². The predicted molar refractivity (Wildman–Crippen MR) is 113 cm³/mol. The molecular formula is C22H24N4O4. The molecule has 30 heavy (non-hydrogen) atoms. The van der Waals surface area contributed by atoms with Crippen molar-refractivity contribution in [3.8, 4) is 0 Å². The minimum Gasteiger partial charge on any atom is -0.376 e. The van der Waals surface area contributed by atoms with Crippen molar-refractivity contribution in [1.29, 1.82) is 0 Å². The van der Waals surface area contributed by atoms with Crippen molar-refractivity contribution < 1.29 is 9.53 Å². The number of rotatable bonds is 6. The molecule has 1 saturated heterocycles. The number of carbonyl (C=O) groups is 1. The molecule has 1 aliphatic rings. The summed E-state index contributed by atoms with van der Waals surface area (Å²) < 4.78 is 8.45. The van der Waals surface area contributed by atoms with Crippen molar-refractivity contribution in [2.45, 2.75) is 39.0 Å². The summed E-state index contributed by atoms with van der Waals surface area (Å²) in [6, 6.07) is 8.99. The average Bonchev–Trinajstić information content (AvgIpc) is 3.25. The summed E-state index contributed by atoms with van der Waals surface area (Å²) in [7, 11) is 0. The molecule has 1 unspecified atom stereocenters. The number of fused-ring (bicyclic) bond motifs is 1. The molecule has 156 valence electrons. The highest BCUT2D eigenvalue weighted by atomic mass is 16.5. The summed E-state index contributed by atoms with van der Waals surface area (Å²) in [5.41, 5.74) is 0.192. The number of hydrogen-bond donors (Lipinski definition) is 1. The Morgan fingerprint density at radius 2 is 2.07 bits per heavy atom. The minimum absolute atomic E-state index is 0.00664. The molecule has 8 nitrogen and oxygen atoms in total. The maximum absolute atomic E-state index is 12.8. The van der Waals surface area contributed by atoms with Crippen LogP contribution < -0.4 is 16.4 Å². The number of benzene rings is 1. The first kappa shape index (κ1) is 20.0. The highest BCUT2D eigenvalue weighted by molar-refractivity contribution is 5.95. The third-order valence-electron chi connectivity index (χ3n) is 5.40. The van der Waals surface area contributed by atoms with Gasteiger partial charge in [-0.1, -0.05) is 18.2 Å². The first-order valence-electron chi connectivity index (χ1n) is 10.1. The van der Waals surface area contributed by atoms with Gasteiger partial charge in [-0.05, 0) is 37.5 Å². The van der Waals surface area contributed by atoms with Crippen molar-refractivity contribution in [2.75, 3.05) is 13.2 Å². The molecule has 3 aromatic rings. The third-order valence-corrected chi connectivity index (χ3v) is 5.40. The lowest BCUT2D eigenvalue weighted by Gasteiger charge is -2.14. The molecule has 3 heterocycles. The van der Waals surface area contributed by atoms with Gasteiger partial charge in [0, 0.05) is 24.7 Å². The summed E-state index contributed by atoms with van der Waals surface area (Å²) in [5, 5.41) is 8.25. The van der Waals surface area contributed by atoms with Gasteiger partial charge in [-0.2, -0.15) is 5.10 Å². The van der Waals surface area contributed by atoms with Gasteiger partial charge in [0.15, 0.2) is 0 Å². The highest BCUT2D eigenvalue weighted by Gasteiger charge is 2.20. The quantitative estimate of drug-likeness (QED) is 0.667. The summed E-state index contributed by atoms with van der Waals surface area (Å²) in [5.74, 6) is -0.451. The molecule has 1 N–H and O–H groups in total. The predicted octanol–water partition coefficient (Wildman–Crippen LogP) is 1.48. The average molecular weight is 408 g/mol. The van der Waals surface area contributed by atoms with E-state index >= 15 is 0 Å². The van der Waals surface area contributed by atoms with Crippen LogP contribution in [0.25, 0.3) is 10.8 Å². The molecule has 0 saturated carbocycles. The van der Waals surface area contributed by atoms with Crippen LogP contribution in [-0.2, 0) is 17.8 Å². The monoisotopic (exact) mass is 408 g/mol. The second-order valence-corrected chi connectivity index (χ2v) is 7.48. The molecule has 0 bridgehead atoms. The maximum atomic E-state index is 12.8. The molecule has 4 rings (SSSR count). The molecule has 1 atom stereocenters. The summed E-state index contributed by atoms with van der Waals surface area (Å²) in [6.45, 7) is 3.29. The zero-order valence-corrected chi connectivity index (χ0v) is 16.8. The van der Waals surface area contributed by atoms with Crippen LogP contribution in [0, 0.1) is 6.92 Å². The molecule has 1 aromatic carbocycles. The van der Waals surface area contributed by atoms with E-state index in [1.807, 2.05) is 12.1 Å². The van der Waals surface area contributed by atoms with E-state index < -0.39 is 5.91 Å². The van der Waals surface area contributed by atoms with Gasteiger partial charge in [0.05, 0.1) is 30.8 Å². The number of aryl methyl sites for hydroxylation is 1. The Morgan fingerprint density at radius 1 is 1.23 bits per heavy atom. The van der Waals surface area contributed by atoms with E-state index in [0.29, 0.717) is 24.1 Å². The molecule has 1 fully saturated rings. The number of ether oxygens (including phenoxy) is 1. The lowest BCUT2D eigenvalue weighted by molar-refractivity contribution is 0.0928. The number of aromatic nitrogens is 3. The number of hydrogen-bond acceptors (Lipinski definition) is 5. The molecule has 2 aromatic heterocycles. The molecule has 8 heteroatoms. The number of nitrogens with zero attached hydrogens (tertiary/aromatic N) is 3. The highest BCUT2D eigenvalue weighted by Crippen LogP contribution is 2.13. The van der Waals surface area contributed by atoms with Gasteiger partial charge in [0.1, 0.15) is 5.56 Å². The Labute approximate surface area is 173 Å². The van der Waals surface area contributed by atoms with E-state index in [-0.39, 0.29) is 35.9 Å². The standard InChI is InChI=1S/C22H24N4O4/c1-15-8-10-25(14-17-6-4-12-30-17)22(29)19(15)20(27)23-9-11-26-21(28)18-7-3-2-5-16(18)13-24-26/h2-3,5,7-8,10,13,17H,4,6,9,11-12,14H2,1H3,(H,23,27). The van der Waals surface area contributed by atoms with Crippen LogP contribution in [-0.4, -0.2) is 39.5 Å². The molecule has 0 aliphatic carbocycles. The van der Waals surface area contributed by atoms with Gasteiger partial charge < -0.3 is 14.6 Å². The molecule has 1 aliphatic heterocycles. The second kappa shape index (κ2) is 8.62. The van der Waals surface area contributed by atoms with E-state index in [1.54, 1.807) is 37.5 Å². The van der Waals surface area contributed by atoms with Crippen molar-refractivity contribution in [2.24, 2.45) is 0 Å². The van der Waals surface area contributed by atoms with E-state index in [0.717, 1.165) is 18.2 Å². The molecule has 0 spiro atoms. The van der Waals surface area contributed by atoms with Gasteiger partial charge >= 0.3 is 0 Å². The first-order chi connectivity index (χ1) is 14.5. The van der Waals surface area contributed by atoms with Gasteiger partial charge in [-0.25, -0.2) is 4.68 Å². The van der Waals surface area contributed by atoms with Crippen LogP contribution in [0.5, 0.6) is 0 Å². The lowest BCUT2D eigenvalue weighted by Crippen LogP contribution is -2.37. The number of nitrogens with one attached hydrogen (secondary N) is 1. The first-order valence-corrected chi connectivity index (χ1v) is 10.1. The van der Waals surface area contributed by atoms with Crippen LogP contribution >= 0.6 is 0 Å². The Kier molecular flexibility index (Phi) is 5.76. The fourth-order valence-corrected chi connectivity index (χ4v) is 3.74. The number of pyridine rings is 1. The van der Waals surface area contributed by atoms with Crippen molar-refractivity contribution in [3.63, 3.8) is 0 Å². The Hall–Kier alpha value is -3.26. The van der Waals surface area contributed by atoms with Crippen LogP contribution in [0.2, 0.25) is 0 Å². The largest absolute Gasteiger partial charge is 0.376 e. The van der Waals surface area contributed by atoms with E-state index in [9.17, 15) is 14.4 Å². The van der Waals surface area contributed by atoms with Crippen LogP contribution in [0.3, 0.4) is 0 Å². The lowest BCUT2D eigenvalue weighted by atomic mass is 10.1. The zero-order chi connectivity index (χ0) is 21.1. The van der Waals surface area contributed by atoms with Crippen LogP contribution in [0.4, 0.5) is 0 Å². The fraction of sp³-hybridized carbons (Fsp3) is 0.364. The Morgan fingerprint density at radius 3 is 2.87 bits per heavy atom. The second-order valence-electron chi connectivity index (χ2n) is 7.48. The van der Waals surface area contributed by atoms with Crippen molar-refractivity contribution in [1.82, 2.24) is 19.7 Å². The number of amides is 1. The van der Waals surface area contributed by atoms with E-state index in [1.165, 1.54) is 9.25 Å². The van der Waals surface area contributed by atoms with Gasteiger partial charge in [0.25, 0.3) is 17.0 Å². The normalized spacial score (nSPS) is 16.1. The van der Waals surface area contributed by atoms with Gasteiger partial charge in [0.2, 0.25) is 0 Å². The molecule has 1 amide bonds. The SMILES string of the molecule is Cc1ccn(CC2CCCO2)c(=O)c1C(=O)NCCn1ncc2ccccc2c1=O. The third kappa shape index (κ3) is 4.04. The topological polar surface area (TPSA) is 95.2 Å².